The van der Waals surface area contributed by atoms with Crippen LogP contribution < -0.4 is 16.0 Å². The number of esters is 1. The molecule has 0 bridgehead atoms. The van der Waals surface area contributed by atoms with E-state index in [1.807, 2.05) is 12.1 Å². The van der Waals surface area contributed by atoms with Crippen LogP contribution in [0.3, 0.4) is 0 Å². The van der Waals surface area contributed by atoms with Crippen molar-refractivity contribution in [2.75, 3.05) is 92.4 Å². The molecule has 0 saturated carbocycles. The van der Waals surface area contributed by atoms with E-state index < -0.39 is 29.6 Å². The van der Waals surface area contributed by atoms with Gasteiger partial charge in [-0.2, -0.15) is 0 Å². The minimum atomic E-state index is -0.754. The number of allylic oxidation sites excluding steroid dienone is 1. The number of carbonyl (C=O) groups is 1. The molecule has 0 fully saturated rings. The molecule has 2 aliphatic heterocycles. The highest BCUT2D eigenvalue weighted by atomic mass is 32.1. The summed E-state index contributed by atoms with van der Waals surface area (Å²) in [4.78, 5) is 44.6. The summed E-state index contributed by atoms with van der Waals surface area (Å²) >= 11 is 5.66. The van der Waals surface area contributed by atoms with Gasteiger partial charge >= 0.3 is 11.7 Å². The Morgan fingerprint density at radius 1 is 0.914 bits per heavy atom. The monoisotopic (exact) mass is 831 g/mol. The van der Waals surface area contributed by atoms with Gasteiger partial charge in [0.1, 0.15) is 25.1 Å². The van der Waals surface area contributed by atoms with Crippen LogP contribution in [0.4, 0.5) is 0 Å². The van der Waals surface area contributed by atoms with Gasteiger partial charge in [0.05, 0.1) is 83.7 Å². The normalized spacial score (nSPS) is 17.8. The van der Waals surface area contributed by atoms with Crippen molar-refractivity contribution < 1.29 is 47.8 Å². The van der Waals surface area contributed by atoms with E-state index in [4.69, 9.17) is 50.1 Å². The highest BCUT2D eigenvalue weighted by Gasteiger charge is 2.26. The van der Waals surface area contributed by atoms with Crippen LogP contribution in [0.15, 0.2) is 51.7 Å². The largest absolute Gasteiger partial charge is 0.491 e. The molecule has 0 spiro atoms. The van der Waals surface area contributed by atoms with Gasteiger partial charge in [-0.05, 0) is 57.6 Å². The van der Waals surface area contributed by atoms with Crippen LogP contribution in [0.2, 0.25) is 0 Å². The molecule has 0 saturated heterocycles. The van der Waals surface area contributed by atoms with Crippen molar-refractivity contribution in [3.63, 3.8) is 0 Å². The Morgan fingerprint density at radius 3 is 2.17 bits per heavy atom. The summed E-state index contributed by atoms with van der Waals surface area (Å²) < 4.78 is 48.9. The smallest absolute Gasteiger partial charge is 0.330 e. The summed E-state index contributed by atoms with van der Waals surface area (Å²) in [7, 11) is 0. The van der Waals surface area contributed by atoms with Crippen molar-refractivity contribution in [1.82, 2.24) is 24.0 Å². The summed E-state index contributed by atoms with van der Waals surface area (Å²) in [5.41, 5.74) is 3.58. The van der Waals surface area contributed by atoms with Gasteiger partial charge in [-0.15, -0.1) is 0 Å². The molecule has 0 unspecified atom stereocenters. The number of hydrogen-bond donors (Lipinski definition) is 3. The molecule has 58 heavy (non-hydrogen) atoms. The predicted molar refractivity (Wildman–Crippen MR) is 217 cm³/mol. The maximum Gasteiger partial charge on any atom is 0.330 e. The predicted octanol–water partition coefficient (Wildman–Crippen LogP) is 2.80. The summed E-state index contributed by atoms with van der Waals surface area (Å²) in [6.07, 6.45) is 5.60. The first kappa shape index (κ1) is 45.1. The molecule has 320 valence electrons. The fraction of sp³-hybridized carbons (Fsp3) is 0.600. The summed E-state index contributed by atoms with van der Waals surface area (Å²) in [5, 5.41) is 9.23. The second kappa shape index (κ2) is 23.6. The zero-order valence-electron chi connectivity index (χ0n) is 33.6. The number of aromatic amines is 2. The van der Waals surface area contributed by atoms with Crippen molar-refractivity contribution in [1.29, 1.82) is 0 Å². The van der Waals surface area contributed by atoms with Crippen LogP contribution in [-0.4, -0.2) is 140 Å². The first-order valence-corrected chi connectivity index (χ1v) is 20.1. The number of aliphatic hydroxyl groups is 1. The Balaban J connectivity index is 0.830. The number of hydrogen-bond acceptors (Lipinski definition) is 14. The van der Waals surface area contributed by atoms with E-state index in [-0.39, 0.29) is 38.2 Å². The van der Waals surface area contributed by atoms with E-state index in [1.165, 1.54) is 16.3 Å². The second-order valence-corrected chi connectivity index (χ2v) is 14.5. The molecule has 0 aliphatic carbocycles. The first-order valence-electron chi connectivity index (χ1n) is 19.7. The number of carbonyl (C=O) groups excluding carboxylic acids is 1. The molecule has 0 amide bonds. The number of aryl methyl sites for hydroxylation is 1. The molecular formula is C40H57N5O12S. The zero-order valence-corrected chi connectivity index (χ0v) is 34.4. The molecule has 4 heterocycles. The molecule has 3 N–H and O–H groups in total. The number of nitrogens with zero attached hydrogens (tertiary/aromatic N) is 3. The van der Waals surface area contributed by atoms with E-state index in [0.29, 0.717) is 72.1 Å². The number of rotatable bonds is 26. The van der Waals surface area contributed by atoms with Crippen LogP contribution in [0.1, 0.15) is 44.5 Å². The van der Waals surface area contributed by atoms with Crippen molar-refractivity contribution >= 4 is 29.2 Å². The first-order chi connectivity index (χ1) is 28.1. The number of benzene rings is 1. The molecule has 5 rings (SSSR count). The quantitative estimate of drug-likeness (QED) is 0.0464. The van der Waals surface area contributed by atoms with Crippen molar-refractivity contribution in [3.8, 4) is 5.75 Å². The lowest BCUT2D eigenvalue weighted by Crippen LogP contribution is -2.34. The topological polar surface area (TPSA) is 190 Å². The van der Waals surface area contributed by atoms with E-state index in [9.17, 15) is 19.5 Å². The van der Waals surface area contributed by atoms with Gasteiger partial charge in [-0.3, -0.25) is 24.0 Å². The zero-order chi connectivity index (χ0) is 41.3. The van der Waals surface area contributed by atoms with E-state index in [0.717, 1.165) is 46.8 Å². The van der Waals surface area contributed by atoms with Crippen LogP contribution in [0, 0.1) is 4.77 Å². The number of nitrogens with one attached hydrogen (secondary N) is 2. The van der Waals surface area contributed by atoms with Gasteiger partial charge in [0.25, 0.3) is 5.56 Å². The van der Waals surface area contributed by atoms with E-state index in [1.54, 1.807) is 12.2 Å². The standard InChI is InChI=1S/C40H57N5O12S/c1-28(2)10-11-43-26-32-34(7-6-33-37(32)45(24-29(43)3)40(58)41-33)55-22-20-53-18-16-51-14-12-50-13-15-52-17-19-54-21-23-56-36(47)9-4-30-25-44(39(49)42-38(30)48)35-8-5-31(27-46)57-35/h5-8,10,25,29,31,35,46H,4,9,11-24,26-27H2,1-3H3,(H,41,58)(H,42,48,49)/t29-,31-,35+/m0/s1. The van der Waals surface area contributed by atoms with Gasteiger partial charge in [0.15, 0.2) is 11.0 Å². The Hall–Kier alpha value is -3.98. The average molecular weight is 832 g/mol. The van der Waals surface area contributed by atoms with Crippen LogP contribution in [0.25, 0.3) is 11.0 Å². The van der Waals surface area contributed by atoms with Crippen LogP contribution in [-0.2, 0) is 57.5 Å². The SMILES string of the molecule is CC(C)=CCN1Cc2c(OCCOCCOCCOCCOCCOCCOC(=O)CCc3cn([C@H]4C=C[C@@H](CO)O4)c(=O)[nH]c3=O)ccc3[nH]c(=S)n(c23)C[C@@H]1C. The lowest BCUT2D eigenvalue weighted by atomic mass is 10.1. The van der Waals surface area contributed by atoms with Gasteiger partial charge < -0.3 is 52.6 Å². The highest BCUT2D eigenvalue weighted by Crippen LogP contribution is 2.33. The highest BCUT2D eigenvalue weighted by molar-refractivity contribution is 7.71. The Kier molecular flexibility index (Phi) is 18.3. The molecule has 0 radical (unpaired) electrons. The van der Waals surface area contributed by atoms with E-state index in [2.05, 4.69) is 46.3 Å². The molecule has 1 aromatic carbocycles. The maximum absolute atomic E-state index is 12.2. The third-order valence-electron chi connectivity index (χ3n) is 9.52. The van der Waals surface area contributed by atoms with Crippen molar-refractivity contribution in [3.05, 3.63) is 78.9 Å². The minimum absolute atomic E-state index is 0.0541. The molecule has 2 aliphatic rings. The third-order valence-corrected chi connectivity index (χ3v) is 9.85. The number of H-pyrrole nitrogens is 2. The molecule has 2 aromatic heterocycles. The lowest BCUT2D eigenvalue weighted by molar-refractivity contribution is -0.145. The number of imidazole rings is 1. The summed E-state index contributed by atoms with van der Waals surface area (Å²) in [6, 6.07) is 4.36. The molecule has 3 aromatic rings. The fourth-order valence-electron chi connectivity index (χ4n) is 6.42. The minimum Gasteiger partial charge on any atom is -0.491 e. The van der Waals surface area contributed by atoms with Gasteiger partial charge in [-0.25, -0.2) is 4.79 Å². The van der Waals surface area contributed by atoms with Crippen LogP contribution in [0.5, 0.6) is 5.75 Å². The van der Waals surface area contributed by atoms with Gasteiger partial charge in [0, 0.05) is 49.4 Å². The number of aliphatic hydroxyl groups excluding tert-OH is 1. The molecule has 18 heteroatoms. The maximum atomic E-state index is 12.2. The Morgan fingerprint density at radius 2 is 1.55 bits per heavy atom. The average Bonchev–Trinajstić information content (AvgIpc) is 3.76. The lowest BCUT2D eigenvalue weighted by Gasteiger charge is -2.26. The summed E-state index contributed by atoms with van der Waals surface area (Å²) in [5.74, 6) is 0.345. The molecular weight excluding hydrogens is 775 g/mol. The Bertz CT molecular complexity index is 2000. The van der Waals surface area contributed by atoms with Crippen molar-refractivity contribution in [2.45, 2.75) is 65.1 Å². The number of aromatic nitrogens is 4. The van der Waals surface area contributed by atoms with Gasteiger partial charge in [0.2, 0.25) is 0 Å². The van der Waals surface area contributed by atoms with Crippen molar-refractivity contribution in [2.24, 2.45) is 0 Å². The summed E-state index contributed by atoms with van der Waals surface area (Å²) in [6.45, 7) is 13.1. The second-order valence-electron chi connectivity index (χ2n) is 14.1. The third kappa shape index (κ3) is 13.5. The Labute approximate surface area is 342 Å². The van der Waals surface area contributed by atoms with Crippen LogP contribution >= 0.6 is 12.2 Å². The van der Waals surface area contributed by atoms with E-state index >= 15 is 0 Å². The number of ether oxygens (including phenoxy) is 8. The molecule has 17 nitrogen and oxygen atoms in total. The molecule has 3 atom stereocenters. The van der Waals surface area contributed by atoms with Gasteiger partial charge in [-0.1, -0.05) is 17.7 Å². The fourth-order valence-corrected chi connectivity index (χ4v) is 6.69.